The molecule has 26 heavy (non-hydrogen) atoms. The van der Waals surface area contributed by atoms with E-state index in [0.717, 1.165) is 31.7 Å². The van der Waals surface area contributed by atoms with Crippen LogP contribution >= 0.6 is 0 Å². The van der Waals surface area contributed by atoms with Gasteiger partial charge in [0.25, 0.3) is 5.91 Å². The van der Waals surface area contributed by atoms with Crippen molar-refractivity contribution in [2.24, 2.45) is 5.73 Å². The maximum Gasteiger partial charge on any atom is 0.273 e. The first kappa shape index (κ1) is 16.6. The Bertz CT molecular complexity index is 932. The van der Waals surface area contributed by atoms with Gasteiger partial charge in [0.15, 0.2) is 5.69 Å². The summed E-state index contributed by atoms with van der Waals surface area (Å²) in [6.45, 7) is 4.52. The Kier molecular flexibility index (Phi) is 4.36. The predicted octanol–water partition coefficient (Wildman–Crippen LogP) is 1.13. The van der Waals surface area contributed by atoms with Crippen molar-refractivity contribution in [1.29, 1.82) is 0 Å². The van der Waals surface area contributed by atoms with Gasteiger partial charge < -0.3 is 15.2 Å². The van der Waals surface area contributed by atoms with Gasteiger partial charge in [-0.25, -0.2) is 9.97 Å². The smallest absolute Gasteiger partial charge is 0.273 e. The first-order chi connectivity index (χ1) is 12.6. The van der Waals surface area contributed by atoms with Crippen molar-refractivity contribution < 1.29 is 9.32 Å². The number of likely N-dealkylation sites (N-methyl/N-ethyl adjacent to an activating group) is 1. The molecular weight excluding hydrogens is 332 g/mol. The van der Waals surface area contributed by atoms with Gasteiger partial charge in [0.05, 0.1) is 6.54 Å². The lowest BCUT2D eigenvalue weighted by Crippen LogP contribution is -2.44. The van der Waals surface area contributed by atoms with E-state index in [1.807, 2.05) is 30.3 Å². The molecule has 1 aliphatic heterocycles. The number of nitrogens with two attached hydrogens (primary N) is 1. The lowest BCUT2D eigenvalue weighted by Gasteiger charge is -2.31. The lowest BCUT2D eigenvalue weighted by atomic mass is 10.1. The second-order valence-electron chi connectivity index (χ2n) is 6.51. The Morgan fingerprint density at radius 3 is 2.58 bits per heavy atom. The van der Waals surface area contributed by atoms with E-state index < -0.39 is 5.91 Å². The third-order valence-corrected chi connectivity index (χ3v) is 4.61. The summed E-state index contributed by atoms with van der Waals surface area (Å²) in [6, 6.07) is 9.66. The number of piperazine rings is 1. The molecule has 0 bridgehead atoms. The first-order valence-electron chi connectivity index (χ1n) is 8.54. The van der Waals surface area contributed by atoms with E-state index in [9.17, 15) is 4.79 Å². The topological polar surface area (TPSA) is 101 Å². The maximum atomic E-state index is 11.7. The zero-order valence-electron chi connectivity index (χ0n) is 14.6. The largest absolute Gasteiger partial charge is 0.364 e. The molecule has 2 N–H and O–H groups in total. The lowest BCUT2D eigenvalue weighted by molar-refractivity contribution is 0.0993. The molecule has 0 atom stereocenters. The normalized spacial score (nSPS) is 16.2. The van der Waals surface area contributed by atoms with Crippen LogP contribution in [0.3, 0.4) is 0 Å². The number of benzene rings is 1. The van der Waals surface area contributed by atoms with E-state index in [1.165, 1.54) is 0 Å². The van der Waals surface area contributed by atoms with Crippen molar-refractivity contribution in [2.75, 3.05) is 33.2 Å². The average Bonchev–Trinajstić information content (AvgIpc) is 3.08. The Hall–Kier alpha value is -2.84. The fraction of sp³-hybridized carbons (Fsp3) is 0.333. The van der Waals surface area contributed by atoms with Crippen LogP contribution in [0.1, 0.15) is 16.3 Å². The molecule has 8 nitrogen and oxygen atoms in total. The molecule has 134 valence electrons. The zero-order valence-corrected chi connectivity index (χ0v) is 14.6. The summed E-state index contributed by atoms with van der Waals surface area (Å²) in [4.78, 5) is 25.5. The fourth-order valence-corrected chi connectivity index (χ4v) is 3.11. The van der Waals surface area contributed by atoms with Crippen LogP contribution in [0.5, 0.6) is 0 Å². The van der Waals surface area contributed by atoms with Crippen LogP contribution in [0.2, 0.25) is 0 Å². The van der Waals surface area contributed by atoms with Gasteiger partial charge in [0.2, 0.25) is 5.58 Å². The number of hydrogen-bond acceptors (Lipinski definition) is 7. The molecule has 1 aliphatic rings. The standard InChI is InChI=1S/C18H20N6O2/c1-23-7-9-24(10-8-23)11-13-20-14(12-5-3-2-4-6-12)17-15(21-13)16(18(19)25)22-26-17/h2-6H,7-11H2,1H3,(H2,19,25). The summed E-state index contributed by atoms with van der Waals surface area (Å²) in [5.41, 5.74) is 7.72. The third kappa shape index (κ3) is 3.16. The van der Waals surface area contributed by atoms with Gasteiger partial charge in [0, 0.05) is 31.7 Å². The van der Waals surface area contributed by atoms with Crippen molar-refractivity contribution in [3.8, 4) is 11.3 Å². The molecular formula is C18H20N6O2. The van der Waals surface area contributed by atoms with Crippen molar-refractivity contribution in [3.63, 3.8) is 0 Å². The van der Waals surface area contributed by atoms with Crippen LogP contribution in [0, 0.1) is 0 Å². The van der Waals surface area contributed by atoms with Gasteiger partial charge in [-0.3, -0.25) is 9.69 Å². The first-order valence-corrected chi connectivity index (χ1v) is 8.54. The summed E-state index contributed by atoms with van der Waals surface area (Å²) in [5, 5.41) is 3.81. The Labute approximate surface area is 150 Å². The molecule has 1 saturated heterocycles. The van der Waals surface area contributed by atoms with Gasteiger partial charge in [-0.05, 0) is 7.05 Å². The summed E-state index contributed by atoms with van der Waals surface area (Å²) >= 11 is 0. The Morgan fingerprint density at radius 2 is 1.88 bits per heavy atom. The second kappa shape index (κ2) is 6.81. The minimum Gasteiger partial charge on any atom is -0.364 e. The van der Waals surface area contributed by atoms with E-state index >= 15 is 0 Å². The highest BCUT2D eigenvalue weighted by Crippen LogP contribution is 2.28. The molecule has 8 heteroatoms. The number of rotatable bonds is 4. The Morgan fingerprint density at radius 1 is 1.15 bits per heavy atom. The van der Waals surface area contributed by atoms with Gasteiger partial charge in [0.1, 0.15) is 17.0 Å². The number of primary amides is 1. The van der Waals surface area contributed by atoms with E-state index in [1.54, 1.807) is 0 Å². The number of carbonyl (C=O) groups is 1. The molecule has 1 fully saturated rings. The minimum absolute atomic E-state index is 0.0409. The Balaban J connectivity index is 1.78. The van der Waals surface area contributed by atoms with E-state index in [0.29, 0.717) is 29.2 Å². The molecule has 0 unspecified atom stereocenters. The van der Waals surface area contributed by atoms with E-state index in [4.69, 9.17) is 15.2 Å². The molecule has 2 aromatic heterocycles. The highest BCUT2D eigenvalue weighted by molar-refractivity contribution is 6.04. The third-order valence-electron chi connectivity index (χ3n) is 4.61. The number of carbonyl (C=O) groups excluding carboxylic acids is 1. The predicted molar refractivity (Wildman–Crippen MR) is 96.3 cm³/mol. The van der Waals surface area contributed by atoms with Crippen molar-refractivity contribution in [2.45, 2.75) is 6.54 Å². The maximum absolute atomic E-state index is 11.7. The van der Waals surface area contributed by atoms with Gasteiger partial charge in [-0.2, -0.15) is 0 Å². The number of hydrogen-bond donors (Lipinski definition) is 1. The molecule has 0 radical (unpaired) electrons. The van der Waals surface area contributed by atoms with Crippen LogP contribution < -0.4 is 5.73 Å². The van der Waals surface area contributed by atoms with Crippen molar-refractivity contribution in [1.82, 2.24) is 24.9 Å². The van der Waals surface area contributed by atoms with Crippen molar-refractivity contribution in [3.05, 3.63) is 41.9 Å². The molecule has 0 aliphatic carbocycles. The van der Waals surface area contributed by atoms with E-state index in [-0.39, 0.29) is 5.69 Å². The van der Waals surface area contributed by atoms with Gasteiger partial charge >= 0.3 is 0 Å². The number of aromatic nitrogens is 3. The molecule has 4 rings (SSSR count). The average molecular weight is 352 g/mol. The van der Waals surface area contributed by atoms with Crippen LogP contribution in [0.25, 0.3) is 22.4 Å². The van der Waals surface area contributed by atoms with Crippen LogP contribution in [-0.2, 0) is 6.54 Å². The molecule has 0 saturated carbocycles. The van der Waals surface area contributed by atoms with Gasteiger partial charge in [-0.1, -0.05) is 35.5 Å². The number of fused-ring (bicyclic) bond motifs is 1. The summed E-state index contributed by atoms with van der Waals surface area (Å²) in [6.07, 6.45) is 0. The van der Waals surface area contributed by atoms with Crippen molar-refractivity contribution >= 4 is 17.0 Å². The summed E-state index contributed by atoms with van der Waals surface area (Å²) < 4.78 is 5.36. The van der Waals surface area contributed by atoms with Crippen LogP contribution in [-0.4, -0.2) is 64.1 Å². The highest BCUT2D eigenvalue weighted by atomic mass is 16.5. The van der Waals surface area contributed by atoms with E-state index in [2.05, 4.69) is 27.0 Å². The molecule has 3 heterocycles. The monoisotopic (exact) mass is 352 g/mol. The number of nitrogens with zero attached hydrogens (tertiary/aromatic N) is 5. The molecule has 1 aromatic carbocycles. The quantitative estimate of drug-likeness (QED) is 0.751. The molecule has 0 spiro atoms. The molecule has 3 aromatic rings. The number of amides is 1. The van der Waals surface area contributed by atoms with Crippen LogP contribution in [0.15, 0.2) is 34.9 Å². The summed E-state index contributed by atoms with van der Waals surface area (Å²) in [5.74, 6) is -0.0291. The highest BCUT2D eigenvalue weighted by Gasteiger charge is 2.22. The fourth-order valence-electron chi connectivity index (χ4n) is 3.11. The van der Waals surface area contributed by atoms with Crippen LogP contribution in [0.4, 0.5) is 0 Å². The zero-order chi connectivity index (χ0) is 18.1. The van der Waals surface area contributed by atoms with Gasteiger partial charge in [-0.15, -0.1) is 0 Å². The SMILES string of the molecule is CN1CCN(Cc2nc(-c3ccccc3)c3onc(C(N)=O)c3n2)CC1. The second-order valence-corrected chi connectivity index (χ2v) is 6.51. The molecule has 1 amide bonds. The summed E-state index contributed by atoms with van der Waals surface area (Å²) in [7, 11) is 2.11. The minimum atomic E-state index is -0.660.